The molecular weight excluding hydrogens is 234 g/mol. The Balaban J connectivity index is 1.73. The Kier molecular flexibility index (Phi) is 5.90. The average Bonchev–Trinajstić information content (AvgIpc) is 3.08. The number of aromatic nitrogens is 2. The molecule has 1 heterocycles. The van der Waals surface area contributed by atoms with Crippen LogP contribution in [-0.2, 0) is 6.42 Å². The summed E-state index contributed by atoms with van der Waals surface area (Å²) in [6.45, 7) is 5.53. The van der Waals surface area contributed by atoms with Gasteiger partial charge in [0, 0.05) is 12.2 Å². The number of nitrogens with one attached hydrogen (secondary N) is 1. The predicted molar refractivity (Wildman–Crippen MR) is 80.4 cm³/mol. The maximum Gasteiger partial charge on any atom is 0.0624 e. The Morgan fingerprint density at radius 2 is 2.16 bits per heavy atom. The van der Waals surface area contributed by atoms with Crippen molar-refractivity contribution in [2.75, 3.05) is 6.54 Å². The molecule has 1 aromatic rings. The zero-order valence-electron chi connectivity index (χ0n) is 12.6. The van der Waals surface area contributed by atoms with Gasteiger partial charge in [-0.25, -0.2) is 0 Å². The quantitative estimate of drug-likeness (QED) is 0.775. The smallest absolute Gasteiger partial charge is 0.0624 e. The summed E-state index contributed by atoms with van der Waals surface area (Å²) in [5.74, 6) is 0. The normalized spacial score (nSPS) is 18.0. The van der Waals surface area contributed by atoms with E-state index in [4.69, 9.17) is 5.10 Å². The second kappa shape index (κ2) is 7.68. The molecule has 0 aliphatic heterocycles. The highest BCUT2D eigenvalue weighted by Gasteiger charge is 2.17. The molecule has 1 aliphatic carbocycles. The molecule has 1 unspecified atom stereocenters. The highest BCUT2D eigenvalue weighted by molar-refractivity contribution is 5.00. The largest absolute Gasteiger partial charge is 0.314 e. The minimum absolute atomic E-state index is 0.680. The van der Waals surface area contributed by atoms with Gasteiger partial charge < -0.3 is 5.32 Å². The molecule has 108 valence electrons. The predicted octanol–water partition coefficient (Wildman–Crippen LogP) is 3.71. The molecule has 1 saturated carbocycles. The van der Waals surface area contributed by atoms with Crippen LogP contribution in [0, 0.1) is 0 Å². The fourth-order valence-corrected chi connectivity index (χ4v) is 3.15. The Labute approximate surface area is 117 Å². The van der Waals surface area contributed by atoms with E-state index in [1.807, 2.05) is 0 Å². The standard InChI is InChI=1S/C16H29N3/c1-3-14(17-4-2)8-7-9-15-12-13-19(18-15)16-10-5-6-11-16/h12-14,16-17H,3-11H2,1-2H3. The van der Waals surface area contributed by atoms with Crippen LogP contribution in [0.3, 0.4) is 0 Å². The lowest BCUT2D eigenvalue weighted by molar-refractivity contribution is 0.452. The van der Waals surface area contributed by atoms with Crippen molar-refractivity contribution >= 4 is 0 Å². The Morgan fingerprint density at radius 1 is 1.37 bits per heavy atom. The van der Waals surface area contributed by atoms with Crippen molar-refractivity contribution in [3.05, 3.63) is 18.0 Å². The van der Waals surface area contributed by atoms with Crippen LogP contribution in [0.5, 0.6) is 0 Å². The van der Waals surface area contributed by atoms with Gasteiger partial charge >= 0.3 is 0 Å². The van der Waals surface area contributed by atoms with Gasteiger partial charge in [-0.1, -0.05) is 26.7 Å². The molecule has 0 saturated heterocycles. The van der Waals surface area contributed by atoms with Gasteiger partial charge in [0.2, 0.25) is 0 Å². The molecule has 1 N–H and O–H groups in total. The van der Waals surface area contributed by atoms with Gasteiger partial charge in [-0.15, -0.1) is 0 Å². The molecule has 3 nitrogen and oxygen atoms in total. The molecule has 19 heavy (non-hydrogen) atoms. The fraction of sp³-hybridized carbons (Fsp3) is 0.812. The first-order valence-corrected chi connectivity index (χ1v) is 8.11. The van der Waals surface area contributed by atoms with Crippen molar-refractivity contribution in [1.29, 1.82) is 0 Å². The lowest BCUT2D eigenvalue weighted by atomic mass is 10.1. The van der Waals surface area contributed by atoms with E-state index >= 15 is 0 Å². The van der Waals surface area contributed by atoms with E-state index in [2.05, 4.69) is 36.1 Å². The minimum atomic E-state index is 0.680. The van der Waals surface area contributed by atoms with Crippen molar-refractivity contribution < 1.29 is 0 Å². The molecule has 3 heteroatoms. The lowest BCUT2D eigenvalue weighted by Gasteiger charge is -2.14. The topological polar surface area (TPSA) is 29.9 Å². The van der Waals surface area contributed by atoms with Crippen LogP contribution in [0.15, 0.2) is 12.3 Å². The van der Waals surface area contributed by atoms with Crippen LogP contribution >= 0.6 is 0 Å². The van der Waals surface area contributed by atoms with Crippen molar-refractivity contribution in [2.24, 2.45) is 0 Å². The van der Waals surface area contributed by atoms with Gasteiger partial charge in [0.25, 0.3) is 0 Å². The van der Waals surface area contributed by atoms with Gasteiger partial charge in [0.05, 0.1) is 11.7 Å². The summed E-state index contributed by atoms with van der Waals surface area (Å²) in [5, 5.41) is 8.30. The molecule has 1 aromatic heterocycles. The zero-order valence-corrected chi connectivity index (χ0v) is 12.6. The second-order valence-electron chi connectivity index (χ2n) is 5.78. The van der Waals surface area contributed by atoms with Gasteiger partial charge in [0.1, 0.15) is 0 Å². The van der Waals surface area contributed by atoms with Gasteiger partial charge in [-0.2, -0.15) is 5.10 Å². The third-order valence-corrected chi connectivity index (χ3v) is 4.33. The fourth-order valence-electron chi connectivity index (χ4n) is 3.15. The highest BCUT2D eigenvalue weighted by Crippen LogP contribution is 2.28. The number of nitrogens with zero attached hydrogens (tertiary/aromatic N) is 2. The van der Waals surface area contributed by atoms with Gasteiger partial charge in [-0.05, 0) is 51.1 Å². The van der Waals surface area contributed by atoms with E-state index in [1.165, 1.54) is 50.6 Å². The van der Waals surface area contributed by atoms with Gasteiger partial charge in [-0.3, -0.25) is 4.68 Å². The SMILES string of the molecule is CCNC(CC)CCCc1ccn(C2CCCC2)n1. The first-order valence-electron chi connectivity index (χ1n) is 8.11. The van der Waals surface area contributed by atoms with E-state index in [1.54, 1.807) is 0 Å². The monoisotopic (exact) mass is 263 g/mol. The molecule has 2 rings (SSSR count). The molecule has 0 radical (unpaired) electrons. The van der Waals surface area contributed by atoms with E-state index in [0.29, 0.717) is 12.1 Å². The Hall–Kier alpha value is -0.830. The van der Waals surface area contributed by atoms with E-state index in [9.17, 15) is 0 Å². The Morgan fingerprint density at radius 3 is 2.84 bits per heavy atom. The van der Waals surface area contributed by atoms with Crippen LogP contribution in [0.4, 0.5) is 0 Å². The van der Waals surface area contributed by atoms with E-state index in [-0.39, 0.29) is 0 Å². The van der Waals surface area contributed by atoms with Crippen LogP contribution < -0.4 is 5.32 Å². The summed E-state index contributed by atoms with van der Waals surface area (Å²) in [5.41, 5.74) is 1.28. The summed E-state index contributed by atoms with van der Waals surface area (Å²) < 4.78 is 2.21. The number of hydrogen-bond donors (Lipinski definition) is 1. The molecule has 0 bridgehead atoms. The first kappa shape index (κ1) is 14.6. The molecule has 1 atom stereocenters. The summed E-state index contributed by atoms with van der Waals surface area (Å²) in [7, 11) is 0. The summed E-state index contributed by atoms with van der Waals surface area (Å²) in [4.78, 5) is 0. The molecule has 1 fully saturated rings. The number of hydrogen-bond acceptors (Lipinski definition) is 2. The number of rotatable bonds is 8. The highest BCUT2D eigenvalue weighted by atomic mass is 15.3. The maximum atomic E-state index is 4.76. The number of aryl methyl sites for hydroxylation is 1. The molecule has 0 amide bonds. The average molecular weight is 263 g/mol. The van der Waals surface area contributed by atoms with E-state index < -0.39 is 0 Å². The van der Waals surface area contributed by atoms with Gasteiger partial charge in [0.15, 0.2) is 0 Å². The molecule has 1 aliphatic rings. The van der Waals surface area contributed by atoms with Crippen LogP contribution in [0.1, 0.15) is 70.5 Å². The molecular formula is C16H29N3. The first-order chi connectivity index (χ1) is 9.33. The van der Waals surface area contributed by atoms with Crippen LogP contribution in [0.2, 0.25) is 0 Å². The van der Waals surface area contributed by atoms with E-state index in [0.717, 1.165) is 13.0 Å². The molecule has 0 aromatic carbocycles. The van der Waals surface area contributed by atoms with Crippen LogP contribution in [0.25, 0.3) is 0 Å². The van der Waals surface area contributed by atoms with Crippen LogP contribution in [-0.4, -0.2) is 22.4 Å². The Bertz CT molecular complexity index is 353. The van der Waals surface area contributed by atoms with Crippen molar-refractivity contribution in [3.8, 4) is 0 Å². The minimum Gasteiger partial charge on any atom is -0.314 e. The molecule has 0 spiro atoms. The lowest BCUT2D eigenvalue weighted by Crippen LogP contribution is -2.28. The maximum absolute atomic E-state index is 4.76. The summed E-state index contributed by atoms with van der Waals surface area (Å²) in [6, 6.07) is 3.58. The van der Waals surface area contributed by atoms with Crippen molar-refractivity contribution in [3.63, 3.8) is 0 Å². The summed E-state index contributed by atoms with van der Waals surface area (Å²) in [6.07, 6.45) is 12.4. The van der Waals surface area contributed by atoms with Crippen molar-refractivity contribution in [1.82, 2.24) is 15.1 Å². The zero-order chi connectivity index (χ0) is 13.5. The summed E-state index contributed by atoms with van der Waals surface area (Å²) >= 11 is 0. The second-order valence-corrected chi connectivity index (χ2v) is 5.78. The third kappa shape index (κ3) is 4.34. The van der Waals surface area contributed by atoms with Crippen molar-refractivity contribution in [2.45, 2.75) is 77.3 Å². The third-order valence-electron chi connectivity index (χ3n) is 4.33.